The highest BCUT2D eigenvalue weighted by Crippen LogP contribution is 2.57. The second kappa shape index (κ2) is 12.7. The van der Waals surface area contributed by atoms with E-state index >= 15 is 0 Å². The zero-order valence-corrected chi connectivity index (χ0v) is 16.9. The lowest BCUT2D eigenvalue weighted by Gasteiger charge is -2.11. The van der Waals surface area contributed by atoms with Gasteiger partial charge in [0.05, 0.1) is 6.61 Å². The summed E-state index contributed by atoms with van der Waals surface area (Å²) in [5.74, 6) is 0. The Labute approximate surface area is 149 Å². The summed E-state index contributed by atoms with van der Waals surface area (Å²) in [4.78, 5) is 26.1. The van der Waals surface area contributed by atoms with Crippen LogP contribution in [-0.2, 0) is 18.0 Å². The number of phosphoric ester groups is 1. The molecule has 0 bridgehead atoms. The maximum atomic E-state index is 11.2. The molecule has 25 heavy (non-hydrogen) atoms. The third kappa shape index (κ3) is 18.0. The van der Waals surface area contributed by atoms with Crippen molar-refractivity contribution in [3.63, 3.8) is 0 Å². The monoisotopic (exact) mass is 400 g/mol. The normalized spacial score (nSPS) is 15.3. The molecule has 0 aromatic carbocycles. The lowest BCUT2D eigenvalue weighted by Crippen LogP contribution is -1.94. The van der Waals surface area contributed by atoms with Crippen LogP contribution in [0, 0.1) is 0 Å². The molecule has 0 fully saturated rings. The molecular weight excluding hydrogens is 370 g/mol. The van der Waals surface area contributed by atoms with Gasteiger partial charge in [0, 0.05) is 0 Å². The van der Waals surface area contributed by atoms with Gasteiger partial charge in [0.1, 0.15) is 0 Å². The summed E-state index contributed by atoms with van der Waals surface area (Å²) in [7, 11) is -9.82. The fourth-order valence-corrected chi connectivity index (χ4v) is 3.30. The van der Waals surface area contributed by atoms with Crippen molar-refractivity contribution >= 4 is 15.6 Å². The van der Waals surface area contributed by atoms with E-state index in [-0.39, 0.29) is 12.1 Å². The molecule has 0 saturated heterocycles. The van der Waals surface area contributed by atoms with Crippen molar-refractivity contribution in [1.82, 2.24) is 0 Å². The largest absolute Gasteiger partial charge is 0.481 e. The van der Waals surface area contributed by atoms with Crippen LogP contribution in [0.5, 0.6) is 0 Å². The van der Waals surface area contributed by atoms with Crippen molar-refractivity contribution < 1.29 is 38.1 Å². The molecule has 0 heterocycles. The fraction of sp³-hybridized carbons (Fsp3) is 0.600. The number of hydrogen-bond donors (Lipinski definition) is 3. The van der Waals surface area contributed by atoms with Gasteiger partial charge in [-0.15, -0.1) is 0 Å². The summed E-state index contributed by atoms with van der Waals surface area (Å²) in [5, 5.41) is 0. The molecule has 0 spiro atoms. The molecule has 1 atom stereocenters. The topological polar surface area (TPSA) is 145 Å². The van der Waals surface area contributed by atoms with E-state index in [2.05, 4.69) is 41.8 Å². The average molecular weight is 400 g/mol. The Bertz CT molecular complexity index is 570. The molecule has 0 aliphatic rings. The predicted molar refractivity (Wildman–Crippen MR) is 97.9 cm³/mol. The molecule has 0 aliphatic heterocycles. The van der Waals surface area contributed by atoms with Crippen molar-refractivity contribution in [1.29, 1.82) is 0 Å². The molecular formula is C15H30O8P2. The van der Waals surface area contributed by atoms with E-state index in [1.807, 2.05) is 6.92 Å². The number of hydrogen-bond acceptors (Lipinski definition) is 4. The van der Waals surface area contributed by atoms with Crippen LogP contribution in [0.3, 0.4) is 0 Å². The van der Waals surface area contributed by atoms with Gasteiger partial charge in [0.15, 0.2) is 0 Å². The first-order valence-corrected chi connectivity index (χ1v) is 10.6. The van der Waals surface area contributed by atoms with E-state index in [0.717, 1.165) is 31.3 Å². The van der Waals surface area contributed by atoms with Gasteiger partial charge in [-0.25, -0.2) is 9.13 Å². The van der Waals surface area contributed by atoms with Gasteiger partial charge in [0.25, 0.3) is 0 Å². The van der Waals surface area contributed by atoms with Crippen LogP contribution >= 0.6 is 15.6 Å². The van der Waals surface area contributed by atoms with Crippen LogP contribution in [0.2, 0.25) is 0 Å². The van der Waals surface area contributed by atoms with Gasteiger partial charge in [-0.3, -0.25) is 4.52 Å². The van der Waals surface area contributed by atoms with Gasteiger partial charge in [0.2, 0.25) is 0 Å². The van der Waals surface area contributed by atoms with Gasteiger partial charge >= 0.3 is 15.6 Å². The second-order valence-corrected chi connectivity index (χ2v) is 8.63. The summed E-state index contributed by atoms with van der Waals surface area (Å²) >= 11 is 0. The second-order valence-electron chi connectivity index (χ2n) is 5.80. The smallest absolute Gasteiger partial charge is 0.412 e. The molecule has 1 unspecified atom stereocenters. The van der Waals surface area contributed by atoms with E-state index in [4.69, 9.17) is 14.7 Å². The van der Waals surface area contributed by atoms with Gasteiger partial charge in [-0.2, -0.15) is 4.31 Å². The first-order valence-electron chi connectivity index (χ1n) is 7.60. The minimum Gasteiger partial charge on any atom is -0.412 e. The summed E-state index contributed by atoms with van der Waals surface area (Å²) < 4.78 is 29.9. The maximum absolute atomic E-state index is 11.2. The first kappa shape index (κ1) is 26.7. The fourth-order valence-electron chi connectivity index (χ4n) is 1.77. The average Bonchev–Trinajstić information content (AvgIpc) is 2.34. The predicted octanol–water partition coefficient (Wildman–Crippen LogP) is 3.81. The molecule has 0 saturated carbocycles. The van der Waals surface area contributed by atoms with E-state index in [0.29, 0.717) is 0 Å². The van der Waals surface area contributed by atoms with Crippen LogP contribution < -0.4 is 0 Å². The van der Waals surface area contributed by atoms with E-state index in [1.165, 1.54) is 11.1 Å². The van der Waals surface area contributed by atoms with Gasteiger partial charge < -0.3 is 20.2 Å². The summed E-state index contributed by atoms with van der Waals surface area (Å²) in [5.41, 5.74) is 3.57. The lowest BCUT2D eigenvalue weighted by atomic mass is 10.1. The standard InChI is InChI=1S/C15H28O7P2.H2O/c1-13(2)7-5-8-14(3)9-6-10-15(4)11-12-21-24(19,20)22-23(16,17)18;/h7,9,11H,5-6,8,10,12H2,1-4H3,(H,19,20)(H2,16,17,18);1H2. The highest BCUT2D eigenvalue weighted by Gasteiger charge is 2.31. The highest BCUT2D eigenvalue weighted by atomic mass is 31.3. The minimum atomic E-state index is -5.07. The Balaban J connectivity index is 0. The summed E-state index contributed by atoms with van der Waals surface area (Å²) in [6.07, 6.45) is 9.59. The zero-order chi connectivity index (χ0) is 18.8. The molecule has 0 amide bonds. The molecule has 8 nitrogen and oxygen atoms in total. The number of rotatable bonds is 11. The molecule has 5 N–H and O–H groups in total. The minimum absolute atomic E-state index is 0. The van der Waals surface area contributed by atoms with Crippen LogP contribution in [0.4, 0.5) is 0 Å². The van der Waals surface area contributed by atoms with E-state index in [1.54, 1.807) is 6.08 Å². The summed E-state index contributed by atoms with van der Waals surface area (Å²) in [6, 6.07) is 0. The molecule has 0 aromatic rings. The molecule has 0 aromatic heterocycles. The van der Waals surface area contributed by atoms with E-state index in [9.17, 15) is 9.13 Å². The number of allylic oxidation sites excluding steroid dienone is 5. The van der Waals surface area contributed by atoms with Crippen molar-refractivity contribution in [2.24, 2.45) is 0 Å². The SMILES string of the molecule is CC(C)=CCCC(C)=CCCC(C)=CCOP(=O)(O)OP(=O)(O)O.O. The molecule has 0 rings (SSSR count). The molecule has 148 valence electrons. The van der Waals surface area contributed by atoms with Crippen molar-refractivity contribution in [3.05, 3.63) is 34.9 Å². The Hall–Kier alpha value is -0.560. The van der Waals surface area contributed by atoms with Crippen molar-refractivity contribution in [3.8, 4) is 0 Å². The molecule has 10 heteroatoms. The first-order chi connectivity index (χ1) is 10.9. The van der Waals surface area contributed by atoms with Gasteiger partial charge in [-0.1, -0.05) is 34.9 Å². The Morgan fingerprint density at radius 3 is 1.84 bits per heavy atom. The third-order valence-corrected chi connectivity index (χ3v) is 5.15. The van der Waals surface area contributed by atoms with E-state index < -0.39 is 15.6 Å². The summed E-state index contributed by atoms with van der Waals surface area (Å²) in [6.45, 7) is 7.82. The zero-order valence-electron chi connectivity index (χ0n) is 15.1. The van der Waals surface area contributed by atoms with Crippen LogP contribution in [0.15, 0.2) is 34.9 Å². The van der Waals surface area contributed by atoms with Crippen LogP contribution in [0.1, 0.15) is 53.4 Å². The van der Waals surface area contributed by atoms with Crippen LogP contribution in [-0.4, -0.2) is 26.8 Å². The van der Waals surface area contributed by atoms with Crippen LogP contribution in [0.25, 0.3) is 0 Å². The maximum Gasteiger partial charge on any atom is 0.481 e. The van der Waals surface area contributed by atoms with Crippen molar-refractivity contribution in [2.45, 2.75) is 53.4 Å². The quantitative estimate of drug-likeness (QED) is 0.353. The Kier molecular flexibility index (Phi) is 13.6. The Morgan fingerprint density at radius 1 is 0.880 bits per heavy atom. The Morgan fingerprint density at radius 2 is 1.36 bits per heavy atom. The molecule has 0 radical (unpaired) electrons. The number of phosphoric acid groups is 2. The third-order valence-electron chi connectivity index (χ3n) is 3.00. The molecule has 0 aliphatic carbocycles. The lowest BCUT2D eigenvalue weighted by molar-refractivity contribution is 0.191. The van der Waals surface area contributed by atoms with Gasteiger partial charge in [-0.05, 0) is 53.4 Å². The highest BCUT2D eigenvalue weighted by molar-refractivity contribution is 7.60. The van der Waals surface area contributed by atoms with Crippen molar-refractivity contribution in [2.75, 3.05) is 6.61 Å².